The van der Waals surface area contributed by atoms with Gasteiger partial charge < -0.3 is 15.5 Å². The molecule has 0 radical (unpaired) electrons. The Morgan fingerprint density at radius 3 is 2.65 bits per heavy atom. The van der Waals surface area contributed by atoms with Crippen LogP contribution < -0.4 is 10.6 Å². The Kier molecular flexibility index (Phi) is 7.31. The zero-order valence-electron chi connectivity index (χ0n) is 14.4. The Morgan fingerprint density at radius 2 is 2.00 bits per heavy atom. The van der Waals surface area contributed by atoms with E-state index in [-0.39, 0.29) is 0 Å². The average molecular weight is 398 g/mol. The summed E-state index contributed by atoms with van der Waals surface area (Å²) in [6.07, 6.45) is 2.50. The highest BCUT2D eigenvalue weighted by Gasteiger charge is 2.20. The molecule has 1 saturated heterocycles. The molecule has 2 N–H and O–H groups in total. The molecule has 3 nitrogen and oxygen atoms in total. The molecule has 1 fully saturated rings. The Morgan fingerprint density at radius 1 is 1.30 bits per heavy atom. The van der Waals surface area contributed by atoms with Crippen molar-refractivity contribution >= 4 is 38.9 Å². The van der Waals surface area contributed by atoms with Gasteiger partial charge in [-0.05, 0) is 74.1 Å². The summed E-state index contributed by atoms with van der Waals surface area (Å²) in [7, 11) is 0. The molecule has 0 bridgehead atoms. The van der Waals surface area contributed by atoms with Crippen LogP contribution >= 0.6 is 28.1 Å². The zero-order chi connectivity index (χ0) is 16.8. The Labute approximate surface area is 154 Å². The Balaban J connectivity index is 1.65. The summed E-state index contributed by atoms with van der Waals surface area (Å²) in [6, 6.07) is 6.16. The van der Waals surface area contributed by atoms with Gasteiger partial charge in [-0.25, -0.2) is 0 Å². The van der Waals surface area contributed by atoms with Crippen LogP contribution in [-0.2, 0) is 0 Å². The molecule has 0 aromatic heterocycles. The molecule has 0 spiro atoms. The van der Waals surface area contributed by atoms with Crippen molar-refractivity contribution in [2.24, 2.45) is 11.8 Å². The molecule has 1 aliphatic heterocycles. The van der Waals surface area contributed by atoms with Crippen LogP contribution in [0, 0.1) is 18.8 Å². The molecule has 1 aliphatic rings. The van der Waals surface area contributed by atoms with Crippen LogP contribution in [0.3, 0.4) is 0 Å². The number of nitrogens with one attached hydrogen (secondary N) is 2. The Bertz CT molecular complexity index is 525. The SMILES string of the molecule is Cc1cc(NC(=S)NCCCN2C[C@H](C)C[C@H](C)C2)ccc1Br. The van der Waals surface area contributed by atoms with Crippen LogP contribution in [0.1, 0.15) is 32.3 Å². The lowest BCUT2D eigenvalue weighted by molar-refractivity contribution is 0.140. The van der Waals surface area contributed by atoms with Gasteiger partial charge in [0, 0.05) is 29.8 Å². The molecule has 2 rings (SSSR count). The number of anilines is 1. The van der Waals surface area contributed by atoms with Crippen LogP contribution in [0.2, 0.25) is 0 Å². The molecule has 1 heterocycles. The fraction of sp³-hybridized carbons (Fsp3) is 0.611. The van der Waals surface area contributed by atoms with E-state index in [1.807, 2.05) is 12.1 Å². The van der Waals surface area contributed by atoms with E-state index >= 15 is 0 Å². The lowest BCUT2D eigenvalue weighted by Crippen LogP contribution is -2.40. The van der Waals surface area contributed by atoms with Crippen molar-refractivity contribution in [2.45, 2.75) is 33.6 Å². The molecular formula is C18H28BrN3S. The van der Waals surface area contributed by atoms with E-state index in [0.717, 1.165) is 41.5 Å². The summed E-state index contributed by atoms with van der Waals surface area (Å²) in [5, 5.41) is 7.26. The second kappa shape index (κ2) is 9.00. The number of rotatable bonds is 5. The number of halogens is 1. The molecule has 23 heavy (non-hydrogen) atoms. The van der Waals surface area contributed by atoms with E-state index < -0.39 is 0 Å². The van der Waals surface area contributed by atoms with Crippen molar-refractivity contribution < 1.29 is 0 Å². The topological polar surface area (TPSA) is 27.3 Å². The van der Waals surface area contributed by atoms with Crippen molar-refractivity contribution in [3.63, 3.8) is 0 Å². The third-order valence-electron chi connectivity index (χ3n) is 4.30. The molecule has 128 valence electrons. The van der Waals surface area contributed by atoms with Crippen molar-refractivity contribution in [3.8, 4) is 0 Å². The minimum atomic E-state index is 0.701. The highest BCUT2D eigenvalue weighted by molar-refractivity contribution is 9.10. The fourth-order valence-corrected chi connectivity index (χ4v) is 3.84. The fourth-order valence-electron chi connectivity index (χ4n) is 3.38. The number of nitrogens with zero attached hydrogens (tertiary/aromatic N) is 1. The third-order valence-corrected chi connectivity index (χ3v) is 5.43. The molecular weight excluding hydrogens is 370 g/mol. The number of likely N-dealkylation sites (tertiary alicyclic amines) is 1. The average Bonchev–Trinajstić information content (AvgIpc) is 2.46. The first-order valence-corrected chi connectivity index (χ1v) is 9.67. The van der Waals surface area contributed by atoms with Crippen molar-refractivity contribution in [2.75, 3.05) is 31.5 Å². The highest BCUT2D eigenvalue weighted by atomic mass is 79.9. The zero-order valence-corrected chi connectivity index (χ0v) is 16.8. The summed E-state index contributed by atoms with van der Waals surface area (Å²) < 4.78 is 1.12. The van der Waals surface area contributed by atoms with E-state index in [0.29, 0.717) is 5.11 Å². The number of thiocarbonyl (C=S) groups is 1. The predicted octanol–water partition coefficient (Wildman–Crippen LogP) is 4.41. The lowest BCUT2D eigenvalue weighted by atomic mass is 9.92. The van der Waals surface area contributed by atoms with Crippen molar-refractivity contribution in [1.29, 1.82) is 0 Å². The van der Waals surface area contributed by atoms with Gasteiger partial charge in [-0.15, -0.1) is 0 Å². The minimum Gasteiger partial charge on any atom is -0.362 e. The molecule has 0 unspecified atom stereocenters. The molecule has 0 saturated carbocycles. The van der Waals surface area contributed by atoms with Crippen LogP contribution in [0.15, 0.2) is 22.7 Å². The molecule has 1 aromatic rings. The molecule has 1 aromatic carbocycles. The monoisotopic (exact) mass is 397 g/mol. The number of hydrogen-bond acceptors (Lipinski definition) is 2. The standard InChI is InChI=1S/C18H28BrN3S/c1-13-9-14(2)12-22(11-13)8-4-7-20-18(23)21-16-5-6-17(19)15(3)10-16/h5-6,10,13-14H,4,7-9,11-12H2,1-3H3,(H2,20,21,23)/t13-,14+. The molecule has 0 amide bonds. The number of benzene rings is 1. The first kappa shape index (κ1) is 18.7. The normalized spacial score (nSPS) is 21.9. The number of piperidine rings is 1. The number of aryl methyl sites for hydroxylation is 1. The van der Waals surface area contributed by atoms with Gasteiger partial charge in [0.05, 0.1) is 0 Å². The summed E-state index contributed by atoms with van der Waals surface area (Å²) in [4.78, 5) is 2.59. The quantitative estimate of drug-likeness (QED) is 0.568. The van der Waals surface area contributed by atoms with Gasteiger partial charge in [0.1, 0.15) is 0 Å². The van der Waals surface area contributed by atoms with E-state index in [9.17, 15) is 0 Å². The van der Waals surface area contributed by atoms with E-state index in [1.54, 1.807) is 0 Å². The van der Waals surface area contributed by atoms with E-state index in [1.165, 1.54) is 25.1 Å². The van der Waals surface area contributed by atoms with Crippen molar-refractivity contribution in [1.82, 2.24) is 10.2 Å². The third kappa shape index (κ3) is 6.40. The summed E-state index contributed by atoms with van der Waals surface area (Å²) in [5.41, 5.74) is 2.23. The maximum absolute atomic E-state index is 5.37. The maximum Gasteiger partial charge on any atom is 0.170 e. The molecule has 0 aliphatic carbocycles. The summed E-state index contributed by atoms with van der Waals surface area (Å²) >= 11 is 8.88. The van der Waals surface area contributed by atoms with Crippen molar-refractivity contribution in [3.05, 3.63) is 28.2 Å². The van der Waals surface area contributed by atoms with Gasteiger partial charge >= 0.3 is 0 Å². The van der Waals surface area contributed by atoms with Gasteiger partial charge in [-0.2, -0.15) is 0 Å². The summed E-state index contributed by atoms with van der Waals surface area (Å²) in [6.45, 7) is 11.4. The Hall–Kier alpha value is -0.650. The second-order valence-electron chi connectivity index (χ2n) is 6.90. The first-order chi connectivity index (χ1) is 10.9. The van der Waals surface area contributed by atoms with Crippen LogP contribution in [0.5, 0.6) is 0 Å². The van der Waals surface area contributed by atoms with E-state index in [2.05, 4.69) is 58.3 Å². The van der Waals surface area contributed by atoms with Gasteiger partial charge in [-0.1, -0.05) is 29.8 Å². The maximum atomic E-state index is 5.37. The number of hydrogen-bond donors (Lipinski definition) is 2. The van der Waals surface area contributed by atoms with Gasteiger partial charge in [0.2, 0.25) is 0 Å². The smallest absolute Gasteiger partial charge is 0.170 e. The lowest BCUT2D eigenvalue weighted by Gasteiger charge is -2.35. The predicted molar refractivity (Wildman–Crippen MR) is 107 cm³/mol. The second-order valence-corrected chi connectivity index (χ2v) is 8.17. The largest absolute Gasteiger partial charge is 0.362 e. The van der Waals surface area contributed by atoms with Crippen LogP contribution in [-0.4, -0.2) is 36.2 Å². The van der Waals surface area contributed by atoms with Gasteiger partial charge in [0.15, 0.2) is 5.11 Å². The first-order valence-electron chi connectivity index (χ1n) is 8.47. The summed E-state index contributed by atoms with van der Waals surface area (Å²) in [5.74, 6) is 1.66. The molecule has 2 atom stereocenters. The van der Waals surface area contributed by atoms with E-state index in [4.69, 9.17) is 12.2 Å². The minimum absolute atomic E-state index is 0.701. The van der Waals surface area contributed by atoms with Gasteiger partial charge in [0.25, 0.3) is 0 Å². The molecule has 5 heteroatoms. The van der Waals surface area contributed by atoms with Crippen LogP contribution in [0.4, 0.5) is 5.69 Å². The van der Waals surface area contributed by atoms with Gasteiger partial charge in [-0.3, -0.25) is 0 Å². The van der Waals surface area contributed by atoms with Crippen LogP contribution in [0.25, 0.3) is 0 Å². The highest BCUT2D eigenvalue weighted by Crippen LogP contribution is 2.21.